The van der Waals surface area contributed by atoms with Gasteiger partial charge in [-0.25, -0.2) is 32.7 Å². The molecule has 34 heavy (non-hydrogen) atoms. The second kappa shape index (κ2) is 9.52. The van der Waals surface area contributed by atoms with Crippen LogP contribution in [0.25, 0.3) is 11.0 Å². The monoisotopic (exact) mass is 487 g/mol. The summed E-state index contributed by atoms with van der Waals surface area (Å²) in [4.78, 5) is 16.6. The minimum absolute atomic E-state index is 0.0883. The van der Waals surface area contributed by atoms with Gasteiger partial charge in [-0.15, -0.1) is 5.92 Å². The summed E-state index contributed by atoms with van der Waals surface area (Å²) < 4.78 is 57.6. The molecule has 4 heterocycles. The van der Waals surface area contributed by atoms with E-state index in [1.54, 1.807) is 13.0 Å². The van der Waals surface area contributed by atoms with Gasteiger partial charge in [-0.1, -0.05) is 5.92 Å². The standard InChI is InChI=1S/C21H19F2N7O3S/c1-2-3-6-33-17-10-26-18-14(29-17)4-5-25-21(18)28-12-7-13(19(23)27-9-12)15-11-34(31,32)16(8-22)20(24)30-15/h4-5,7,9-10,15-16H,6,8,11H2,1H3,(H2,24,30)(H,25,28). The van der Waals surface area contributed by atoms with E-state index < -0.39 is 45.3 Å². The van der Waals surface area contributed by atoms with Crippen LogP contribution in [0, 0.1) is 23.2 Å². The minimum Gasteiger partial charge on any atom is -0.463 e. The van der Waals surface area contributed by atoms with Crippen LogP contribution in [0.15, 0.2) is 30.7 Å². The summed E-state index contributed by atoms with van der Waals surface area (Å²) in [5.74, 6) is 4.06. The number of alkyl halides is 1. The predicted molar refractivity (Wildman–Crippen MR) is 121 cm³/mol. The lowest BCUT2D eigenvalue weighted by Crippen LogP contribution is -2.51. The molecule has 4 rings (SSSR count). The number of ether oxygens (including phenoxy) is 1. The minimum atomic E-state index is -3.98. The first-order valence-corrected chi connectivity index (χ1v) is 11.7. The van der Waals surface area contributed by atoms with Crippen LogP contribution in [0.2, 0.25) is 0 Å². The first-order chi connectivity index (χ1) is 16.3. The van der Waals surface area contributed by atoms with E-state index >= 15 is 0 Å². The van der Waals surface area contributed by atoms with Crippen molar-refractivity contribution < 1.29 is 21.9 Å². The number of amidine groups is 1. The van der Waals surface area contributed by atoms with Crippen molar-refractivity contribution in [2.45, 2.75) is 18.2 Å². The van der Waals surface area contributed by atoms with Crippen molar-refractivity contribution >= 4 is 38.2 Å². The number of anilines is 2. The molecule has 0 radical (unpaired) electrons. The molecule has 0 bridgehead atoms. The number of fused-ring (bicyclic) bond motifs is 1. The number of sulfone groups is 1. The Morgan fingerprint density at radius 3 is 2.88 bits per heavy atom. The quantitative estimate of drug-likeness (QED) is 0.352. The van der Waals surface area contributed by atoms with Crippen molar-refractivity contribution in [1.29, 1.82) is 5.41 Å². The Morgan fingerprint density at radius 2 is 2.15 bits per heavy atom. The zero-order valence-corrected chi connectivity index (χ0v) is 18.7. The Hall–Kier alpha value is -3.92. The van der Waals surface area contributed by atoms with Gasteiger partial charge in [0.25, 0.3) is 0 Å². The molecule has 3 aromatic heterocycles. The Bertz CT molecular complexity index is 1420. The summed E-state index contributed by atoms with van der Waals surface area (Å²) in [5.41, 5.74) is 1.11. The third-order valence-corrected chi connectivity index (χ3v) is 7.06. The van der Waals surface area contributed by atoms with Gasteiger partial charge in [0, 0.05) is 11.8 Å². The summed E-state index contributed by atoms with van der Waals surface area (Å²) in [6.07, 6.45) is 4.13. The van der Waals surface area contributed by atoms with E-state index in [0.717, 1.165) is 0 Å². The van der Waals surface area contributed by atoms with Crippen LogP contribution in [-0.2, 0) is 9.84 Å². The fourth-order valence-corrected chi connectivity index (χ4v) is 4.96. The zero-order valence-electron chi connectivity index (χ0n) is 17.8. The summed E-state index contributed by atoms with van der Waals surface area (Å²) >= 11 is 0. The molecule has 2 unspecified atom stereocenters. The second-order valence-corrected chi connectivity index (χ2v) is 9.49. The van der Waals surface area contributed by atoms with E-state index in [-0.39, 0.29) is 18.1 Å². The van der Waals surface area contributed by atoms with E-state index in [0.29, 0.717) is 22.5 Å². The molecule has 0 spiro atoms. The molecule has 0 amide bonds. The van der Waals surface area contributed by atoms with Gasteiger partial charge in [0.05, 0.1) is 35.4 Å². The normalized spacial score (nSPS) is 19.1. The van der Waals surface area contributed by atoms with Crippen LogP contribution in [0.3, 0.4) is 0 Å². The number of pyridine rings is 2. The molecule has 13 heteroatoms. The van der Waals surface area contributed by atoms with Crippen molar-refractivity contribution in [2.75, 3.05) is 24.4 Å². The average molecular weight is 487 g/mol. The molecule has 3 aromatic rings. The second-order valence-electron chi connectivity index (χ2n) is 7.26. The van der Waals surface area contributed by atoms with Crippen molar-refractivity contribution in [2.24, 2.45) is 0 Å². The number of nitrogens with one attached hydrogen (secondary N) is 3. The summed E-state index contributed by atoms with van der Waals surface area (Å²) in [7, 11) is -3.98. The number of rotatable bonds is 6. The Morgan fingerprint density at radius 1 is 1.32 bits per heavy atom. The first kappa shape index (κ1) is 23.2. The zero-order chi connectivity index (χ0) is 24.3. The third-order valence-electron chi connectivity index (χ3n) is 5.04. The highest BCUT2D eigenvalue weighted by atomic mass is 32.2. The molecule has 2 atom stereocenters. The number of halogens is 2. The molecule has 0 aliphatic carbocycles. The smallest absolute Gasteiger partial charge is 0.233 e. The van der Waals surface area contributed by atoms with Gasteiger partial charge in [0.1, 0.15) is 23.3 Å². The molecule has 1 aliphatic heterocycles. The van der Waals surface area contributed by atoms with Crippen LogP contribution >= 0.6 is 0 Å². The predicted octanol–water partition coefficient (Wildman–Crippen LogP) is 2.08. The van der Waals surface area contributed by atoms with E-state index in [2.05, 4.69) is 42.4 Å². The Balaban J connectivity index is 1.61. The van der Waals surface area contributed by atoms with Gasteiger partial charge in [-0.2, -0.15) is 4.39 Å². The SMILES string of the molecule is CC#CCOc1cnc2c(Nc3cnc(F)c(C4CS(=O)(=O)C(CF)C(=N)N4)c3)nccc2n1. The van der Waals surface area contributed by atoms with Crippen LogP contribution < -0.4 is 15.4 Å². The molecule has 3 N–H and O–H groups in total. The first-order valence-electron chi connectivity index (χ1n) is 10.0. The molecule has 10 nitrogen and oxygen atoms in total. The van der Waals surface area contributed by atoms with Crippen molar-refractivity contribution in [3.05, 3.63) is 42.2 Å². The summed E-state index contributed by atoms with van der Waals surface area (Å²) in [6.45, 7) is 0.643. The molecule has 1 fully saturated rings. The van der Waals surface area contributed by atoms with Crippen molar-refractivity contribution in [3.63, 3.8) is 0 Å². The fraction of sp³-hybridized carbons (Fsp3) is 0.286. The maximum absolute atomic E-state index is 14.5. The molecule has 1 aliphatic rings. The van der Waals surface area contributed by atoms with Gasteiger partial charge in [0.15, 0.2) is 22.3 Å². The molecular formula is C21H19F2N7O3S. The van der Waals surface area contributed by atoms with Crippen LogP contribution in [-0.4, -0.2) is 58.5 Å². The highest BCUT2D eigenvalue weighted by Gasteiger charge is 2.39. The average Bonchev–Trinajstić information content (AvgIpc) is 2.80. The van der Waals surface area contributed by atoms with Crippen molar-refractivity contribution in [3.8, 4) is 17.7 Å². The number of nitrogens with zero attached hydrogens (tertiary/aromatic N) is 4. The van der Waals surface area contributed by atoms with Crippen LogP contribution in [0.1, 0.15) is 18.5 Å². The third kappa shape index (κ3) is 4.72. The lowest BCUT2D eigenvalue weighted by Gasteiger charge is -2.30. The molecular weight excluding hydrogens is 468 g/mol. The highest BCUT2D eigenvalue weighted by Crippen LogP contribution is 2.28. The van der Waals surface area contributed by atoms with Gasteiger partial charge < -0.3 is 15.4 Å². The summed E-state index contributed by atoms with van der Waals surface area (Å²) in [5, 5.41) is 11.8. The molecule has 1 saturated heterocycles. The van der Waals surface area contributed by atoms with E-state index in [1.165, 1.54) is 24.7 Å². The molecule has 0 saturated carbocycles. The fourth-order valence-electron chi connectivity index (χ4n) is 3.38. The highest BCUT2D eigenvalue weighted by molar-refractivity contribution is 7.92. The van der Waals surface area contributed by atoms with E-state index in [4.69, 9.17) is 10.1 Å². The largest absolute Gasteiger partial charge is 0.463 e. The lowest BCUT2D eigenvalue weighted by molar-refractivity contribution is 0.355. The Labute approximate surface area is 193 Å². The van der Waals surface area contributed by atoms with E-state index in [1.807, 2.05) is 0 Å². The van der Waals surface area contributed by atoms with Crippen LogP contribution in [0.5, 0.6) is 5.88 Å². The van der Waals surface area contributed by atoms with Gasteiger partial charge >= 0.3 is 0 Å². The molecule has 176 valence electrons. The van der Waals surface area contributed by atoms with Gasteiger partial charge in [-0.3, -0.25) is 5.41 Å². The maximum atomic E-state index is 14.5. The van der Waals surface area contributed by atoms with Crippen LogP contribution in [0.4, 0.5) is 20.3 Å². The lowest BCUT2D eigenvalue weighted by atomic mass is 10.1. The Kier molecular flexibility index (Phi) is 6.51. The van der Waals surface area contributed by atoms with Gasteiger partial charge in [-0.05, 0) is 19.1 Å². The van der Waals surface area contributed by atoms with E-state index in [9.17, 15) is 17.2 Å². The topological polar surface area (TPSA) is 143 Å². The molecule has 0 aromatic carbocycles. The van der Waals surface area contributed by atoms with Gasteiger partial charge in [0.2, 0.25) is 11.8 Å². The summed E-state index contributed by atoms with van der Waals surface area (Å²) in [6, 6.07) is 1.90. The van der Waals surface area contributed by atoms with Crippen molar-refractivity contribution in [1.82, 2.24) is 25.3 Å². The number of hydrogen-bond donors (Lipinski definition) is 3. The number of hydrogen-bond acceptors (Lipinski definition) is 9. The number of aromatic nitrogens is 4. The maximum Gasteiger partial charge on any atom is 0.233 e.